The first-order valence-electron chi connectivity index (χ1n) is 15.1. The zero-order valence-corrected chi connectivity index (χ0v) is 28.0. The lowest BCUT2D eigenvalue weighted by Gasteiger charge is -2.32. The van der Waals surface area contributed by atoms with Crippen molar-refractivity contribution in [3.8, 4) is 0 Å². The summed E-state index contributed by atoms with van der Waals surface area (Å²) in [6, 6.07) is -0.558. The molecule has 0 aliphatic rings. The van der Waals surface area contributed by atoms with Gasteiger partial charge in [0.2, 0.25) is 23.6 Å². The minimum atomic E-state index is -0.671. The number of urea groups is 1. The third kappa shape index (κ3) is 20.9. The SMILES string of the molecule is C=CC(=O)NCOCC(CC)(COCNC(=O)C=C)COCNC(=O)NCOCC(CC)(COCNC(=O)C=C)COCNC(=O)C=C. The molecule has 17 nitrogen and oxygen atoms in total. The van der Waals surface area contributed by atoms with E-state index in [1.165, 1.54) is 0 Å². The molecule has 6 N–H and O–H groups in total. The molecular weight excluding hydrogens is 632 g/mol. The molecule has 0 fully saturated rings. The van der Waals surface area contributed by atoms with Crippen LogP contribution in [0, 0.1) is 10.8 Å². The van der Waals surface area contributed by atoms with Gasteiger partial charge in [-0.1, -0.05) is 40.2 Å². The maximum Gasteiger partial charge on any atom is 0.318 e. The van der Waals surface area contributed by atoms with Gasteiger partial charge in [0, 0.05) is 10.8 Å². The molecule has 0 bridgehead atoms. The summed E-state index contributed by atoms with van der Waals surface area (Å²) in [6.45, 7) is 17.6. The summed E-state index contributed by atoms with van der Waals surface area (Å²) < 4.78 is 33.9. The van der Waals surface area contributed by atoms with E-state index in [1.807, 2.05) is 13.8 Å². The number of hydrogen-bond donors (Lipinski definition) is 6. The third-order valence-electron chi connectivity index (χ3n) is 6.75. The Hall–Kier alpha value is -4.13. The zero-order chi connectivity index (χ0) is 36.1. The molecule has 0 heterocycles. The molecule has 0 saturated heterocycles. The summed E-state index contributed by atoms with van der Waals surface area (Å²) >= 11 is 0. The molecule has 17 heteroatoms. The van der Waals surface area contributed by atoms with Gasteiger partial charge in [0.15, 0.2) is 0 Å². The Morgan fingerprint density at radius 1 is 0.438 bits per heavy atom. The number of carbonyl (C=O) groups excluding carboxylic acids is 5. The highest BCUT2D eigenvalue weighted by Gasteiger charge is 2.31. The van der Waals surface area contributed by atoms with Crippen molar-refractivity contribution < 1.29 is 52.4 Å². The van der Waals surface area contributed by atoms with Crippen molar-refractivity contribution in [2.24, 2.45) is 10.8 Å². The molecule has 48 heavy (non-hydrogen) atoms. The van der Waals surface area contributed by atoms with Gasteiger partial charge in [-0.05, 0) is 37.1 Å². The van der Waals surface area contributed by atoms with Crippen molar-refractivity contribution in [3.05, 3.63) is 50.6 Å². The monoisotopic (exact) mass is 684 g/mol. The maximum absolute atomic E-state index is 12.4. The van der Waals surface area contributed by atoms with E-state index in [0.717, 1.165) is 24.3 Å². The summed E-state index contributed by atoms with van der Waals surface area (Å²) in [5.74, 6) is -1.55. The quantitative estimate of drug-likeness (QED) is 0.0340. The Balaban J connectivity index is 4.90. The van der Waals surface area contributed by atoms with E-state index >= 15 is 0 Å². The van der Waals surface area contributed by atoms with Gasteiger partial charge >= 0.3 is 6.03 Å². The van der Waals surface area contributed by atoms with Crippen LogP contribution in [0.15, 0.2) is 50.6 Å². The largest absolute Gasteiger partial charge is 0.360 e. The van der Waals surface area contributed by atoms with Crippen molar-refractivity contribution in [1.82, 2.24) is 31.9 Å². The van der Waals surface area contributed by atoms with E-state index in [0.29, 0.717) is 12.8 Å². The molecule has 0 aliphatic carbocycles. The fourth-order valence-corrected chi connectivity index (χ4v) is 3.54. The van der Waals surface area contributed by atoms with Gasteiger partial charge in [-0.15, -0.1) is 0 Å². The summed E-state index contributed by atoms with van der Waals surface area (Å²) in [7, 11) is 0. The normalized spacial score (nSPS) is 11.0. The molecule has 0 radical (unpaired) electrons. The van der Waals surface area contributed by atoms with Gasteiger partial charge in [0.1, 0.15) is 40.4 Å². The predicted molar refractivity (Wildman–Crippen MR) is 175 cm³/mol. The summed E-state index contributed by atoms with van der Waals surface area (Å²) in [6.07, 6.45) is 5.59. The molecule has 0 aromatic heterocycles. The van der Waals surface area contributed by atoms with Crippen LogP contribution in [0.5, 0.6) is 0 Å². The van der Waals surface area contributed by atoms with E-state index in [1.54, 1.807) is 0 Å². The Morgan fingerprint density at radius 2 is 0.646 bits per heavy atom. The highest BCUT2D eigenvalue weighted by molar-refractivity contribution is 5.87. The second-order valence-electron chi connectivity index (χ2n) is 10.3. The summed E-state index contributed by atoms with van der Waals surface area (Å²) in [5.41, 5.74) is -1.34. The lowest BCUT2D eigenvalue weighted by atomic mass is 9.88. The minimum Gasteiger partial charge on any atom is -0.360 e. The van der Waals surface area contributed by atoms with Crippen LogP contribution in [0.25, 0.3) is 0 Å². The molecule has 0 spiro atoms. The van der Waals surface area contributed by atoms with Crippen molar-refractivity contribution in [2.75, 3.05) is 80.0 Å². The van der Waals surface area contributed by atoms with E-state index < -0.39 is 16.9 Å². The third-order valence-corrected chi connectivity index (χ3v) is 6.75. The lowest BCUT2D eigenvalue weighted by Crippen LogP contribution is -2.43. The Kier molecular flexibility index (Phi) is 24.6. The van der Waals surface area contributed by atoms with Crippen LogP contribution < -0.4 is 31.9 Å². The van der Waals surface area contributed by atoms with Gasteiger partial charge in [-0.2, -0.15) is 0 Å². The van der Waals surface area contributed by atoms with Gasteiger partial charge in [-0.3, -0.25) is 19.2 Å². The van der Waals surface area contributed by atoms with Crippen molar-refractivity contribution in [2.45, 2.75) is 26.7 Å². The number of ether oxygens (including phenoxy) is 6. The van der Waals surface area contributed by atoms with Crippen LogP contribution in [0.3, 0.4) is 0 Å². The van der Waals surface area contributed by atoms with Crippen LogP contribution in [-0.4, -0.2) is 110 Å². The first-order valence-corrected chi connectivity index (χ1v) is 15.1. The molecule has 0 aliphatic heterocycles. The lowest BCUT2D eigenvalue weighted by molar-refractivity contribution is -0.122. The van der Waals surface area contributed by atoms with Gasteiger partial charge in [0.05, 0.1) is 39.6 Å². The Morgan fingerprint density at radius 3 is 0.833 bits per heavy atom. The smallest absolute Gasteiger partial charge is 0.318 e. The van der Waals surface area contributed by atoms with Crippen molar-refractivity contribution in [3.63, 3.8) is 0 Å². The molecule has 0 unspecified atom stereocenters. The first kappa shape index (κ1) is 43.9. The van der Waals surface area contributed by atoms with Crippen molar-refractivity contribution >= 4 is 29.7 Å². The van der Waals surface area contributed by atoms with Gasteiger partial charge in [-0.25, -0.2) is 4.79 Å². The Bertz CT molecular complexity index is 906. The average molecular weight is 685 g/mol. The fraction of sp³-hybridized carbons (Fsp3) is 0.581. The molecule has 0 aromatic rings. The number of hydrogen-bond acceptors (Lipinski definition) is 11. The number of nitrogens with one attached hydrogen (secondary N) is 6. The summed E-state index contributed by atoms with van der Waals surface area (Å²) in [5, 5.41) is 15.2. The second-order valence-corrected chi connectivity index (χ2v) is 10.3. The van der Waals surface area contributed by atoms with Crippen LogP contribution >= 0.6 is 0 Å². The van der Waals surface area contributed by atoms with E-state index in [4.69, 9.17) is 28.4 Å². The van der Waals surface area contributed by atoms with E-state index in [-0.39, 0.29) is 104 Å². The Labute approximate surface area is 282 Å². The van der Waals surface area contributed by atoms with E-state index in [9.17, 15) is 24.0 Å². The predicted octanol–water partition coefficient (Wildman–Crippen LogP) is 0.132. The number of amides is 6. The minimum absolute atomic E-state index is 0.0597. The first-order chi connectivity index (χ1) is 23.0. The highest BCUT2D eigenvalue weighted by Crippen LogP contribution is 2.24. The van der Waals surface area contributed by atoms with E-state index in [2.05, 4.69) is 58.2 Å². The topological polar surface area (TPSA) is 213 Å². The van der Waals surface area contributed by atoms with Crippen LogP contribution in [0.1, 0.15) is 26.7 Å². The van der Waals surface area contributed by atoms with Crippen LogP contribution in [-0.2, 0) is 47.6 Å². The molecule has 6 amide bonds. The molecule has 0 rings (SSSR count). The highest BCUT2D eigenvalue weighted by atomic mass is 16.5. The standard InChI is InChI=1S/C31H52N6O11/c1-7-25(38)32-19-43-13-30(11-5,14-44-20-33-26(39)8-2)17-47-23-36-29(42)37-24-48-18-31(12-6,15-45-21-34-27(40)9-3)16-46-22-35-28(41)10-4/h7-10H,1-4,11-24H2,5-6H3,(H,32,38)(H,33,39)(H,34,40)(H,35,41)(H2,36,37,42). The summed E-state index contributed by atoms with van der Waals surface area (Å²) in [4.78, 5) is 58.0. The molecule has 0 atom stereocenters. The molecule has 272 valence electrons. The molecule has 0 aromatic carbocycles. The number of rotatable bonds is 30. The van der Waals surface area contributed by atoms with Crippen LogP contribution in [0.4, 0.5) is 4.79 Å². The molecular formula is C31H52N6O11. The van der Waals surface area contributed by atoms with Gasteiger partial charge in [0.25, 0.3) is 0 Å². The van der Waals surface area contributed by atoms with Crippen LogP contribution in [0.2, 0.25) is 0 Å². The number of carbonyl (C=O) groups is 5. The molecule has 0 saturated carbocycles. The van der Waals surface area contributed by atoms with Crippen molar-refractivity contribution in [1.29, 1.82) is 0 Å². The zero-order valence-electron chi connectivity index (χ0n) is 28.0. The second kappa shape index (κ2) is 26.9. The maximum atomic E-state index is 12.4. The fourth-order valence-electron chi connectivity index (χ4n) is 3.54. The average Bonchev–Trinajstić information content (AvgIpc) is 3.11. The van der Waals surface area contributed by atoms with Gasteiger partial charge < -0.3 is 60.3 Å².